The van der Waals surface area contributed by atoms with Gasteiger partial charge in [-0.05, 0) is 36.7 Å². The summed E-state index contributed by atoms with van der Waals surface area (Å²) in [5, 5.41) is 6.16. The van der Waals surface area contributed by atoms with E-state index >= 15 is 0 Å². The third kappa shape index (κ3) is 3.12. The monoisotopic (exact) mass is 298 g/mol. The van der Waals surface area contributed by atoms with Crippen LogP contribution in [0.15, 0.2) is 53.4 Å². The van der Waals surface area contributed by atoms with E-state index < -0.39 is 0 Å². The molecule has 3 rings (SSSR count). The molecular weight excluding hydrogens is 280 g/mol. The maximum atomic E-state index is 12.5. The third-order valence-electron chi connectivity index (χ3n) is 3.58. The summed E-state index contributed by atoms with van der Waals surface area (Å²) in [6, 6.07) is 16.2. The van der Waals surface area contributed by atoms with Crippen LogP contribution in [0.3, 0.4) is 0 Å². The maximum Gasteiger partial charge on any atom is 0.238 e. The number of fused-ring (bicyclic) bond motifs is 1. The topological polar surface area (TPSA) is 41.1 Å². The fourth-order valence-corrected chi connectivity index (χ4v) is 3.72. The molecule has 21 heavy (non-hydrogen) atoms. The van der Waals surface area contributed by atoms with Crippen molar-refractivity contribution in [3.63, 3.8) is 0 Å². The van der Waals surface area contributed by atoms with E-state index in [0.29, 0.717) is 0 Å². The van der Waals surface area contributed by atoms with Gasteiger partial charge in [-0.1, -0.05) is 36.4 Å². The van der Waals surface area contributed by atoms with Gasteiger partial charge in [0.2, 0.25) is 5.91 Å². The molecule has 0 radical (unpaired) electrons. The molecule has 108 valence electrons. The summed E-state index contributed by atoms with van der Waals surface area (Å²) in [4.78, 5) is 13.7. The molecule has 2 aromatic carbocycles. The summed E-state index contributed by atoms with van der Waals surface area (Å²) in [6.07, 6.45) is 0.806. The molecule has 1 unspecified atom stereocenters. The normalized spacial score (nSPS) is 16.5. The molecule has 1 aliphatic rings. The number of benzene rings is 2. The predicted octanol–water partition coefficient (Wildman–Crippen LogP) is 3.06. The molecule has 0 aromatic heterocycles. The third-order valence-corrected chi connectivity index (χ3v) is 4.90. The van der Waals surface area contributed by atoms with E-state index in [2.05, 4.69) is 22.8 Å². The summed E-state index contributed by atoms with van der Waals surface area (Å²) in [5.41, 5.74) is 3.27. The number of thioether (sulfide) groups is 1. The van der Waals surface area contributed by atoms with Crippen molar-refractivity contribution in [2.45, 2.75) is 23.1 Å². The first-order chi connectivity index (χ1) is 10.3. The lowest BCUT2D eigenvalue weighted by molar-refractivity contribution is -0.115. The number of hydrogen-bond acceptors (Lipinski definition) is 3. The smallest absolute Gasteiger partial charge is 0.238 e. The average molecular weight is 298 g/mol. The summed E-state index contributed by atoms with van der Waals surface area (Å²) in [7, 11) is 1.90. The fourth-order valence-electron chi connectivity index (χ4n) is 2.53. The summed E-state index contributed by atoms with van der Waals surface area (Å²) in [5.74, 6) is 0.0831. The number of rotatable bonds is 4. The quantitative estimate of drug-likeness (QED) is 0.911. The second kappa shape index (κ2) is 6.33. The lowest BCUT2D eigenvalue weighted by atomic mass is 10.1. The molecule has 1 amide bonds. The second-order valence-corrected chi connectivity index (χ2v) is 6.34. The fraction of sp³-hybridized carbons (Fsp3) is 0.235. The predicted molar refractivity (Wildman–Crippen MR) is 87.6 cm³/mol. The Morgan fingerprint density at radius 2 is 1.95 bits per heavy atom. The van der Waals surface area contributed by atoms with Crippen molar-refractivity contribution in [1.82, 2.24) is 5.32 Å². The lowest BCUT2D eigenvalue weighted by Crippen LogP contribution is -2.25. The average Bonchev–Trinajstić information content (AvgIpc) is 2.93. The van der Waals surface area contributed by atoms with Crippen LogP contribution >= 0.6 is 11.8 Å². The Labute approximate surface area is 129 Å². The van der Waals surface area contributed by atoms with Crippen molar-refractivity contribution < 1.29 is 4.79 Å². The van der Waals surface area contributed by atoms with Gasteiger partial charge >= 0.3 is 0 Å². The Kier molecular flexibility index (Phi) is 4.27. The van der Waals surface area contributed by atoms with Crippen molar-refractivity contribution in [2.75, 3.05) is 12.4 Å². The second-order valence-electron chi connectivity index (χ2n) is 5.10. The number of anilines is 1. The first-order valence-corrected chi connectivity index (χ1v) is 7.94. The van der Waals surface area contributed by atoms with Gasteiger partial charge in [0.15, 0.2) is 0 Å². The van der Waals surface area contributed by atoms with Crippen molar-refractivity contribution >= 4 is 23.4 Å². The van der Waals surface area contributed by atoms with E-state index in [1.54, 1.807) is 11.8 Å². The molecule has 0 bridgehead atoms. The Bertz CT molecular complexity index is 632. The molecule has 2 aromatic rings. The molecule has 0 saturated carbocycles. The van der Waals surface area contributed by atoms with Crippen LogP contribution in [0.25, 0.3) is 0 Å². The van der Waals surface area contributed by atoms with Crippen molar-refractivity contribution in [3.05, 3.63) is 59.7 Å². The minimum Gasteiger partial charge on any atom is -0.325 e. The molecule has 0 fully saturated rings. The zero-order chi connectivity index (χ0) is 14.7. The van der Waals surface area contributed by atoms with Crippen LogP contribution in [0.1, 0.15) is 11.1 Å². The van der Waals surface area contributed by atoms with Crippen LogP contribution in [-0.4, -0.2) is 18.2 Å². The standard InChI is InChI=1S/C17H18N2OS/c1-18-11-13-7-2-4-8-14(13)19-17(20)16-10-12-6-3-5-9-15(12)21-16/h2-9,16,18H,10-11H2,1H3,(H,19,20). The molecule has 0 spiro atoms. The molecule has 3 nitrogen and oxygen atoms in total. The maximum absolute atomic E-state index is 12.5. The molecule has 2 N–H and O–H groups in total. The van der Waals surface area contributed by atoms with E-state index in [1.807, 2.05) is 43.4 Å². The highest BCUT2D eigenvalue weighted by molar-refractivity contribution is 8.01. The van der Waals surface area contributed by atoms with Gasteiger partial charge in [0, 0.05) is 17.1 Å². The highest BCUT2D eigenvalue weighted by Gasteiger charge is 2.28. The van der Waals surface area contributed by atoms with Crippen LogP contribution in [0.4, 0.5) is 5.69 Å². The lowest BCUT2D eigenvalue weighted by Gasteiger charge is -2.13. The molecular formula is C17H18N2OS. The Morgan fingerprint density at radius 3 is 2.76 bits per heavy atom. The SMILES string of the molecule is CNCc1ccccc1NC(=O)C1Cc2ccccc2S1. The van der Waals surface area contributed by atoms with Crippen LogP contribution in [0.2, 0.25) is 0 Å². The Balaban J connectivity index is 1.71. The molecule has 4 heteroatoms. The minimum atomic E-state index is -0.0370. The number of amides is 1. The number of para-hydroxylation sites is 1. The van der Waals surface area contributed by atoms with Crippen molar-refractivity contribution in [2.24, 2.45) is 0 Å². The van der Waals surface area contributed by atoms with E-state index in [-0.39, 0.29) is 11.2 Å². The van der Waals surface area contributed by atoms with Gasteiger partial charge in [0.25, 0.3) is 0 Å². The zero-order valence-corrected chi connectivity index (χ0v) is 12.7. The highest BCUT2D eigenvalue weighted by Crippen LogP contribution is 2.37. The molecule has 0 aliphatic carbocycles. The number of carbonyl (C=O) groups excluding carboxylic acids is 1. The number of hydrogen-bond donors (Lipinski definition) is 2. The van der Waals surface area contributed by atoms with Gasteiger partial charge in [-0.15, -0.1) is 11.8 Å². The zero-order valence-electron chi connectivity index (χ0n) is 11.9. The van der Waals surface area contributed by atoms with Gasteiger partial charge in [-0.2, -0.15) is 0 Å². The van der Waals surface area contributed by atoms with E-state index in [0.717, 1.165) is 24.2 Å². The Hall–Kier alpha value is -1.78. The summed E-state index contributed by atoms with van der Waals surface area (Å²) in [6.45, 7) is 0.745. The van der Waals surface area contributed by atoms with Gasteiger partial charge in [-0.25, -0.2) is 0 Å². The highest BCUT2D eigenvalue weighted by atomic mass is 32.2. The Morgan fingerprint density at radius 1 is 1.19 bits per heavy atom. The van der Waals surface area contributed by atoms with Crippen LogP contribution < -0.4 is 10.6 Å². The molecule has 1 atom stereocenters. The van der Waals surface area contributed by atoms with Crippen LogP contribution in [0.5, 0.6) is 0 Å². The first-order valence-electron chi connectivity index (χ1n) is 7.06. The molecule has 1 heterocycles. The van der Waals surface area contributed by atoms with Gasteiger partial charge in [0.05, 0.1) is 5.25 Å². The van der Waals surface area contributed by atoms with E-state index in [4.69, 9.17) is 0 Å². The van der Waals surface area contributed by atoms with Gasteiger partial charge in [0.1, 0.15) is 0 Å². The number of carbonyl (C=O) groups is 1. The summed E-state index contributed by atoms with van der Waals surface area (Å²) < 4.78 is 0. The van der Waals surface area contributed by atoms with Crippen LogP contribution in [-0.2, 0) is 17.8 Å². The van der Waals surface area contributed by atoms with E-state index in [1.165, 1.54) is 10.5 Å². The number of nitrogens with one attached hydrogen (secondary N) is 2. The van der Waals surface area contributed by atoms with Crippen LogP contribution in [0, 0.1) is 0 Å². The van der Waals surface area contributed by atoms with Crippen molar-refractivity contribution in [3.8, 4) is 0 Å². The minimum absolute atomic E-state index is 0.0370. The van der Waals surface area contributed by atoms with Gasteiger partial charge in [-0.3, -0.25) is 4.79 Å². The molecule has 0 saturated heterocycles. The first kappa shape index (κ1) is 14.2. The van der Waals surface area contributed by atoms with E-state index in [9.17, 15) is 4.79 Å². The molecule has 1 aliphatic heterocycles. The summed E-state index contributed by atoms with van der Waals surface area (Å²) >= 11 is 1.66. The van der Waals surface area contributed by atoms with Gasteiger partial charge < -0.3 is 10.6 Å². The van der Waals surface area contributed by atoms with Crippen molar-refractivity contribution in [1.29, 1.82) is 0 Å². The largest absolute Gasteiger partial charge is 0.325 e.